The van der Waals surface area contributed by atoms with Crippen LogP contribution in [-0.2, 0) is 6.42 Å². The van der Waals surface area contributed by atoms with Crippen LogP contribution < -0.4 is 5.32 Å². The van der Waals surface area contributed by atoms with Crippen LogP contribution in [0, 0.1) is 0 Å². The molecule has 96 valence electrons. The zero-order valence-electron chi connectivity index (χ0n) is 10.2. The highest BCUT2D eigenvalue weighted by Crippen LogP contribution is 2.23. The molecule has 0 aliphatic heterocycles. The highest BCUT2D eigenvalue weighted by Gasteiger charge is 2.08. The normalized spacial score (nSPS) is 12.6. The van der Waals surface area contributed by atoms with E-state index < -0.39 is 0 Å². The largest absolute Gasteiger partial charge is 0.316 e. The summed E-state index contributed by atoms with van der Waals surface area (Å²) >= 11 is 9.58. The Labute approximate surface area is 122 Å². The topological polar surface area (TPSA) is 12.0 Å². The fraction of sp³-hybridized carbons (Fsp3) is 0.286. The molecular weight excluding hydrogens is 282 g/mol. The van der Waals surface area contributed by atoms with Crippen LogP contribution in [0.5, 0.6) is 0 Å². The van der Waals surface area contributed by atoms with Crippen LogP contribution >= 0.6 is 34.7 Å². The number of nitrogens with one attached hydrogen (secondary N) is 1. The molecule has 1 atom stereocenters. The summed E-state index contributed by atoms with van der Waals surface area (Å²) in [5.74, 6) is 1.05. The summed E-state index contributed by atoms with van der Waals surface area (Å²) in [5.41, 5.74) is 1.41. The Morgan fingerprint density at radius 2 is 2.28 bits per heavy atom. The van der Waals surface area contributed by atoms with Gasteiger partial charge in [0, 0.05) is 21.7 Å². The third-order valence-electron chi connectivity index (χ3n) is 2.72. The smallest absolute Gasteiger partial charge is 0.0417 e. The van der Waals surface area contributed by atoms with Crippen molar-refractivity contribution >= 4 is 34.7 Å². The van der Waals surface area contributed by atoms with Crippen molar-refractivity contribution in [1.82, 2.24) is 5.32 Å². The number of likely N-dealkylation sites (N-methyl/N-ethyl adjacent to an activating group) is 1. The molecule has 0 saturated carbocycles. The molecule has 1 aromatic heterocycles. The van der Waals surface area contributed by atoms with Gasteiger partial charge in [-0.3, -0.25) is 0 Å². The second-order valence-electron chi connectivity index (χ2n) is 4.09. The van der Waals surface area contributed by atoms with Crippen molar-refractivity contribution in [3.63, 3.8) is 0 Å². The molecule has 0 aliphatic carbocycles. The zero-order chi connectivity index (χ0) is 12.8. The molecule has 0 amide bonds. The van der Waals surface area contributed by atoms with Gasteiger partial charge in [0.15, 0.2) is 0 Å². The predicted octanol–water partition coefficient (Wildman–Crippen LogP) is 4.32. The lowest BCUT2D eigenvalue weighted by atomic mass is 10.1. The number of thioether (sulfide) groups is 1. The van der Waals surface area contributed by atoms with Gasteiger partial charge in [-0.05, 0) is 54.1 Å². The second-order valence-corrected chi connectivity index (χ2v) is 6.40. The number of benzene rings is 1. The molecule has 2 rings (SSSR count). The van der Waals surface area contributed by atoms with E-state index >= 15 is 0 Å². The van der Waals surface area contributed by atoms with Crippen LogP contribution in [-0.4, -0.2) is 18.8 Å². The molecule has 0 fully saturated rings. The van der Waals surface area contributed by atoms with E-state index in [4.69, 9.17) is 11.6 Å². The van der Waals surface area contributed by atoms with Gasteiger partial charge in [-0.25, -0.2) is 0 Å². The van der Waals surface area contributed by atoms with Crippen molar-refractivity contribution < 1.29 is 0 Å². The highest BCUT2D eigenvalue weighted by atomic mass is 35.5. The lowest BCUT2D eigenvalue weighted by molar-refractivity contribution is 0.618. The zero-order valence-corrected chi connectivity index (χ0v) is 12.6. The average molecular weight is 298 g/mol. The number of hydrogen-bond donors (Lipinski definition) is 1. The maximum atomic E-state index is 5.98. The summed E-state index contributed by atoms with van der Waals surface area (Å²) < 4.78 is 0. The van der Waals surface area contributed by atoms with Crippen LogP contribution in [0.15, 0.2) is 46.0 Å². The Morgan fingerprint density at radius 3 is 2.94 bits per heavy atom. The summed E-state index contributed by atoms with van der Waals surface area (Å²) in [5, 5.41) is 8.53. The summed E-state index contributed by atoms with van der Waals surface area (Å²) in [6.07, 6.45) is 1.08. The van der Waals surface area contributed by atoms with Gasteiger partial charge in [-0.1, -0.05) is 17.7 Å². The molecule has 0 spiro atoms. The Bertz CT molecular complexity index is 470. The van der Waals surface area contributed by atoms with E-state index in [0.717, 1.165) is 17.2 Å². The van der Waals surface area contributed by atoms with Gasteiger partial charge in [0.25, 0.3) is 0 Å². The van der Waals surface area contributed by atoms with Crippen LogP contribution in [0.4, 0.5) is 0 Å². The van der Waals surface area contributed by atoms with Gasteiger partial charge >= 0.3 is 0 Å². The molecule has 0 bridgehead atoms. The van der Waals surface area contributed by atoms with Crippen molar-refractivity contribution in [2.75, 3.05) is 12.8 Å². The molecule has 0 saturated heterocycles. The third-order valence-corrected chi connectivity index (χ3v) is 4.84. The summed E-state index contributed by atoms with van der Waals surface area (Å²) in [6, 6.07) is 10.7. The lowest BCUT2D eigenvalue weighted by Crippen LogP contribution is -2.29. The van der Waals surface area contributed by atoms with Gasteiger partial charge in [0.05, 0.1) is 0 Å². The molecule has 1 heterocycles. The minimum Gasteiger partial charge on any atom is -0.316 e. The van der Waals surface area contributed by atoms with Crippen molar-refractivity contribution in [2.45, 2.75) is 17.4 Å². The minimum absolute atomic E-state index is 0.489. The standard InChI is InChI=1S/C14H16ClNS2/c1-16-13(7-11-5-6-17-9-11)10-18-14-4-2-3-12(15)8-14/h2-6,8-9,13,16H,7,10H2,1H3. The second kappa shape index (κ2) is 7.19. The first-order chi connectivity index (χ1) is 8.78. The monoisotopic (exact) mass is 297 g/mol. The molecule has 2 aromatic rings. The maximum absolute atomic E-state index is 5.98. The third kappa shape index (κ3) is 4.32. The summed E-state index contributed by atoms with van der Waals surface area (Å²) in [7, 11) is 2.02. The SMILES string of the molecule is CNC(CSc1cccc(Cl)c1)Cc1ccsc1. The molecular formula is C14H16ClNS2. The fourth-order valence-corrected chi connectivity index (χ4v) is 3.69. The van der Waals surface area contributed by atoms with Gasteiger partial charge in [-0.15, -0.1) is 11.8 Å². The fourth-order valence-electron chi connectivity index (χ4n) is 1.69. The molecule has 4 heteroatoms. The van der Waals surface area contributed by atoms with Gasteiger partial charge in [-0.2, -0.15) is 11.3 Å². The van der Waals surface area contributed by atoms with E-state index in [1.807, 2.05) is 37.0 Å². The van der Waals surface area contributed by atoms with Crippen LogP contribution in [0.1, 0.15) is 5.56 Å². The molecule has 1 unspecified atom stereocenters. The van der Waals surface area contributed by atoms with Crippen molar-refractivity contribution in [3.8, 4) is 0 Å². The first-order valence-corrected chi connectivity index (χ1v) is 8.15. The summed E-state index contributed by atoms with van der Waals surface area (Å²) in [4.78, 5) is 1.23. The van der Waals surface area contributed by atoms with Gasteiger partial charge in [0.1, 0.15) is 0 Å². The molecule has 1 aromatic carbocycles. The minimum atomic E-state index is 0.489. The van der Waals surface area contributed by atoms with Crippen LogP contribution in [0.2, 0.25) is 5.02 Å². The van der Waals surface area contributed by atoms with E-state index in [9.17, 15) is 0 Å². The van der Waals surface area contributed by atoms with E-state index in [0.29, 0.717) is 6.04 Å². The van der Waals surface area contributed by atoms with Crippen molar-refractivity contribution in [3.05, 3.63) is 51.7 Å². The van der Waals surface area contributed by atoms with Gasteiger partial charge in [0.2, 0.25) is 0 Å². The first kappa shape index (κ1) is 13.9. The van der Waals surface area contributed by atoms with Crippen LogP contribution in [0.3, 0.4) is 0 Å². The Kier molecular flexibility index (Phi) is 5.57. The summed E-state index contributed by atoms with van der Waals surface area (Å²) in [6.45, 7) is 0. The molecule has 1 nitrogen and oxygen atoms in total. The van der Waals surface area contributed by atoms with Gasteiger partial charge < -0.3 is 5.32 Å². The number of hydrogen-bond acceptors (Lipinski definition) is 3. The van der Waals surface area contributed by atoms with Crippen molar-refractivity contribution in [2.24, 2.45) is 0 Å². The van der Waals surface area contributed by atoms with E-state index in [2.05, 4.69) is 28.2 Å². The Morgan fingerprint density at radius 1 is 1.39 bits per heavy atom. The number of halogens is 1. The average Bonchev–Trinajstić information content (AvgIpc) is 2.87. The predicted molar refractivity (Wildman–Crippen MR) is 83.0 cm³/mol. The van der Waals surface area contributed by atoms with E-state index in [1.54, 1.807) is 11.3 Å². The molecule has 0 aliphatic rings. The molecule has 0 radical (unpaired) electrons. The van der Waals surface area contributed by atoms with Crippen molar-refractivity contribution in [1.29, 1.82) is 0 Å². The maximum Gasteiger partial charge on any atom is 0.0417 e. The Balaban J connectivity index is 1.87. The van der Waals surface area contributed by atoms with E-state index in [1.165, 1.54) is 10.5 Å². The molecule has 18 heavy (non-hydrogen) atoms. The molecule has 1 N–H and O–H groups in total. The van der Waals surface area contributed by atoms with Crippen LogP contribution in [0.25, 0.3) is 0 Å². The number of thiophene rings is 1. The highest BCUT2D eigenvalue weighted by molar-refractivity contribution is 7.99. The van der Waals surface area contributed by atoms with E-state index in [-0.39, 0.29) is 0 Å². The lowest BCUT2D eigenvalue weighted by Gasteiger charge is -2.15. The Hall–Kier alpha value is -0.480. The quantitative estimate of drug-likeness (QED) is 0.797. The first-order valence-electron chi connectivity index (χ1n) is 5.84. The number of rotatable bonds is 6.